The summed E-state index contributed by atoms with van der Waals surface area (Å²) in [6, 6.07) is 5.61. The second-order valence-corrected chi connectivity index (χ2v) is 4.66. The normalized spacial score (nSPS) is 14.6. The van der Waals surface area contributed by atoms with Crippen molar-refractivity contribution in [1.82, 2.24) is 5.32 Å². The summed E-state index contributed by atoms with van der Waals surface area (Å²) in [5.74, 6) is -1.97. The van der Waals surface area contributed by atoms with Crippen molar-refractivity contribution in [2.45, 2.75) is 31.7 Å². The first-order chi connectivity index (χ1) is 9.75. The third-order valence-corrected chi connectivity index (χ3v) is 3.02. The first-order valence-electron chi connectivity index (χ1n) is 6.40. The molecule has 1 rings (SSSR count). The predicted octanol–water partition coefficient (Wildman–Crippen LogP) is 2.50. The van der Waals surface area contributed by atoms with E-state index in [9.17, 15) is 23.1 Å². The average molecular weight is 305 g/mol. The third-order valence-electron chi connectivity index (χ3n) is 3.02. The fourth-order valence-electron chi connectivity index (χ4n) is 1.76. The number of alkyl halides is 3. The van der Waals surface area contributed by atoms with Crippen molar-refractivity contribution < 1.29 is 27.8 Å². The predicted molar refractivity (Wildman–Crippen MR) is 70.5 cm³/mol. The highest BCUT2D eigenvalue weighted by Crippen LogP contribution is 2.21. The minimum absolute atomic E-state index is 0.404. The quantitative estimate of drug-likeness (QED) is 0.849. The molecule has 0 heterocycles. The van der Waals surface area contributed by atoms with Crippen LogP contribution < -0.4 is 5.32 Å². The fraction of sp³-hybridized carbons (Fsp3) is 0.500. The molecule has 7 heteroatoms. The van der Waals surface area contributed by atoms with E-state index in [0.29, 0.717) is 24.2 Å². The van der Waals surface area contributed by atoms with Crippen molar-refractivity contribution in [1.29, 1.82) is 0 Å². The second kappa shape index (κ2) is 7.42. The molecule has 1 aromatic carbocycles. The highest BCUT2D eigenvalue weighted by molar-refractivity contribution is 5.82. The Morgan fingerprint density at radius 3 is 2.29 bits per heavy atom. The van der Waals surface area contributed by atoms with Crippen LogP contribution in [0.3, 0.4) is 0 Å². The Hall–Kier alpha value is -1.60. The molecule has 118 valence electrons. The van der Waals surface area contributed by atoms with Crippen molar-refractivity contribution in [3.05, 3.63) is 35.4 Å². The fourth-order valence-corrected chi connectivity index (χ4v) is 1.76. The zero-order valence-corrected chi connectivity index (χ0v) is 11.8. The zero-order chi connectivity index (χ0) is 16.0. The van der Waals surface area contributed by atoms with E-state index in [2.05, 4.69) is 0 Å². The molecule has 0 aromatic heterocycles. The second-order valence-electron chi connectivity index (χ2n) is 4.66. The molecule has 0 aliphatic heterocycles. The lowest BCUT2D eigenvalue weighted by molar-refractivity contribution is -0.174. The summed E-state index contributed by atoms with van der Waals surface area (Å²) in [5.41, 5.74) is 1.17. The number of aliphatic hydroxyl groups excluding tert-OH is 1. The standard InChI is InChI=1S/C14H18F3NO3/c1-9(18-13(20)14(15,16)17)10-3-5-11(6-4-10)12(19)7-8-21-2/h3-6,9,12,19H,7-8H2,1-2H3,(H,18,20)/t9-,12?/m0/s1. The number of nitrogens with one attached hydrogen (secondary N) is 1. The van der Waals surface area contributed by atoms with Gasteiger partial charge in [0.2, 0.25) is 0 Å². The molecule has 0 fully saturated rings. The molecule has 1 amide bonds. The van der Waals surface area contributed by atoms with E-state index in [4.69, 9.17) is 4.74 Å². The van der Waals surface area contributed by atoms with Crippen LogP contribution in [0, 0.1) is 0 Å². The lowest BCUT2D eigenvalue weighted by atomic mass is 10.0. The molecular formula is C14H18F3NO3. The van der Waals surface area contributed by atoms with Gasteiger partial charge in [0.15, 0.2) is 0 Å². The van der Waals surface area contributed by atoms with Crippen LogP contribution in [-0.4, -0.2) is 30.9 Å². The van der Waals surface area contributed by atoms with Crippen LogP contribution in [0.15, 0.2) is 24.3 Å². The molecule has 2 atom stereocenters. The van der Waals surface area contributed by atoms with Crippen molar-refractivity contribution in [3.8, 4) is 0 Å². The van der Waals surface area contributed by atoms with E-state index < -0.39 is 24.2 Å². The van der Waals surface area contributed by atoms with E-state index in [0.717, 1.165) is 0 Å². The van der Waals surface area contributed by atoms with Crippen LogP contribution in [0.4, 0.5) is 13.2 Å². The van der Waals surface area contributed by atoms with Gasteiger partial charge in [0.1, 0.15) is 0 Å². The Bertz CT molecular complexity index is 460. The van der Waals surface area contributed by atoms with Crippen molar-refractivity contribution in [2.24, 2.45) is 0 Å². The number of hydrogen-bond acceptors (Lipinski definition) is 3. The van der Waals surface area contributed by atoms with Gasteiger partial charge >= 0.3 is 12.1 Å². The van der Waals surface area contributed by atoms with Gasteiger partial charge in [-0.2, -0.15) is 13.2 Å². The summed E-state index contributed by atoms with van der Waals surface area (Å²) in [5, 5.41) is 11.7. The van der Waals surface area contributed by atoms with Crippen LogP contribution >= 0.6 is 0 Å². The van der Waals surface area contributed by atoms with E-state index in [-0.39, 0.29) is 0 Å². The van der Waals surface area contributed by atoms with E-state index in [1.165, 1.54) is 14.0 Å². The molecule has 0 bridgehead atoms. The van der Waals surface area contributed by atoms with Gasteiger partial charge in [-0.15, -0.1) is 0 Å². The lowest BCUT2D eigenvalue weighted by Gasteiger charge is -2.17. The number of halogens is 3. The monoisotopic (exact) mass is 305 g/mol. The van der Waals surface area contributed by atoms with E-state index in [1.807, 2.05) is 5.32 Å². The Balaban J connectivity index is 2.67. The van der Waals surface area contributed by atoms with Crippen molar-refractivity contribution in [3.63, 3.8) is 0 Å². The van der Waals surface area contributed by atoms with Gasteiger partial charge in [0.25, 0.3) is 0 Å². The first-order valence-corrected chi connectivity index (χ1v) is 6.40. The zero-order valence-electron chi connectivity index (χ0n) is 11.8. The van der Waals surface area contributed by atoms with Crippen LogP contribution in [0.1, 0.15) is 36.6 Å². The summed E-state index contributed by atoms with van der Waals surface area (Å²) in [6.45, 7) is 1.86. The van der Waals surface area contributed by atoms with Crippen LogP contribution in [0.25, 0.3) is 0 Å². The van der Waals surface area contributed by atoms with Crippen molar-refractivity contribution >= 4 is 5.91 Å². The number of carbonyl (C=O) groups is 1. The molecule has 0 saturated heterocycles. The van der Waals surface area contributed by atoms with Gasteiger partial charge in [0.05, 0.1) is 12.1 Å². The molecule has 0 spiro atoms. The maximum atomic E-state index is 12.2. The lowest BCUT2D eigenvalue weighted by Crippen LogP contribution is -2.38. The molecule has 0 radical (unpaired) electrons. The topological polar surface area (TPSA) is 58.6 Å². The molecule has 4 nitrogen and oxygen atoms in total. The highest BCUT2D eigenvalue weighted by atomic mass is 19.4. The third kappa shape index (κ3) is 5.35. The summed E-state index contributed by atoms with van der Waals surface area (Å²) in [7, 11) is 1.53. The number of aliphatic hydroxyl groups is 1. The van der Waals surface area contributed by atoms with Gasteiger partial charge in [-0.25, -0.2) is 0 Å². The van der Waals surface area contributed by atoms with Gasteiger partial charge in [-0.1, -0.05) is 24.3 Å². The molecule has 0 saturated carbocycles. The van der Waals surface area contributed by atoms with Gasteiger partial charge in [-0.05, 0) is 18.1 Å². The number of hydrogen-bond donors (Lipinski definition) is 2. The van der Waals surface area contributed by atoms with Crippen LogP contribution in [-0.2, 0) is 9.53 Å². The number of benzene rings is 1. The van der Waals surface area contributed by atoms with Gasteiger partial charge in [0, 0.05) is 20.1 Å². The summed E-state index contributed by atoms with van der Waals surface area (Å²) in [4.78, 5) is 10.9. The van der Waals surface area contributed by atoms with Gasteiger partial charge < -0.3 is 15.2 Å². The van der Waals surface area contributed by atoms with Crippen molar-refractivity contribution in [2.75, 3.05) is 13.7 Å². The largest absolute Gasteiger partial charge is 0.471 e. The summed E-state index contributed by atoms with van der Waals surface area (Å²) in [6.07, 6.45) is -5.17. The number of carbonyl (C=O) groups excluding carboxylic acids is 1. The Kier molecular flexibility index (Phi) is 6.17. The highest BCUT2D eigenvalue weighted by Gasteiger charge is 2.39. The molecule has 0 aliphatic carbocycles. The van der Waals surface area contributed by atoms with Gasteiger partial charge in [-0.3, -0.25) is 4.79 Å². The first kappa shape index (κ1) is 17.5. The maximum absolute atomic E-state index is 12.2. The molecule has 1 unspecified atom stereocenters. The molecular weight excluding hydrogens is 287 g/mol. The number of ether oxygens (including phenoxy) is 1. The molecule has 1 aromatic rings. The number of amides is 1. The van der Waals surface area contributed by atoms with E-state index >= 15 is 0 Å². The number of methoxy groups -OCH3 is 1. The molecule has 0 aliphatic rings. The van der Waals surface area contributed by atoms with Crippen LogP contribution in [0.2, 0.25) is 0 Å². The van der Waals surface area contributed by atoms with Crippen LogP contribution in [0.5, 0.6) is 0 Å². The number of rotatable bonds is 6. The average Bonchev–Trinajstić information content (AvgIpc) is 2.43. The molecule has 21 heavy (non-hydrogen) atoms. The minimum atomic E-state index is -4.90. The SMILES string of the molecule is COCCC(O)c1ccc([C@H](C)NC(=O)C(F)(F)F)cc1. The molecule has 2 N–H and O–H groups in total. The summed E-state index contributed by atoms with van der Waals surface area (Å²) < 4.78 is 41.3. The smallest absolute Gasteiger partial charge is 0.388 e. The Labute approximate surface area is 120 Å². The summed E-state index contributed by atoms with van der Waals surface area (Å²) >= 11 is 0. The maximum Gasteiger partial charge on any atom is 0.471 e. The van der Waals surface area contributed by atoms with E-state index in [1.54, 1.807) is 24.3 Å². The Morgan fingerprint density at radius 1 is 1.29 bits per heavy atom. The Morgan fingerprint density at radius 2 is 1.81 bits per heavy atom. The minimum Gasteiger partial charge on any atom is -0.388 e.